The number of hydrogen-bond acceptors (Lipinski definition) is 5. The van der Waals surface area contributed by atoms with Crippen molar-refractivity contribution >= 4 is 0 Å². The molecule has 2 N–H and O–H groups in total. The maximum Gasteiger partial charge on any atom is 0.161 e. The third-order valence-corrected chi connectivity index (χ3v) is 11.5. The van der Waals surface area contributed by atoms with Crippen LogP contribution in [-0.2, 0) is 25.7 Å². The monoisotopic (exact) mass is 776 g/mol. The van der Waals surface area contributed by atoms with E-state index in [1.807, 2.05) is 18.2 Å². The second-order valence-electron chi connectivity index (χ2n) is 15.3. The summed E-state index contributed by atoms with van der Waals surface area (Å²) in [5, 5.41) is 0. The van der Waals surface area contributed by atoms with Gasteiger partial charge in [0.15, 0.2) is 11.5 Å². The van der Waals surface area contributed by atoms with E-state index >= 15 is 0 Å². The highest BCUT2D eigenvalue weighted by Crippen LogP contribution is 2.40. The molecule has 0 radical (unpaired) electrons. The molecule has 2 aromatic heterocycles. The second kappa shape index (κ2) is 16.5. The Hall–Kier alpha value is -6.86. The molecule has 0 saturated carbocycles. The van der Waals surface area contributed by atoms with Crippen molar-refractivity contribution in [1.29, 1.82) is 0 Å². The number of H-pyrrole nitrogens is 2. The molecule has 4 aliphatic carbocycles. The summed E-state index contributed by atoms with van der Waals surface area (Å²) in [6.07, 6.45) is 5.70. The highest BCUT2D eigenvalue weighted by molar-refractivity contribution is 5.84. The van der Waals surface area contributed by atoms with Gasteiger partial charge in [-0.2, -0.15) is 0 Å². The summed E-state index contributed by atoms with van der Waals surface area (Å²) in [4.78, 5) is 18.3. The van der Waals surface area contributed by atoms with E-state index in [1.165, 1.54) is 27.8 Å². The van der Waals surface area contributed by atoms with Crippen LogP contribution < -0.4 is 14.2 Å². The van der Waals surface area contributed by atoms with E-state index < -0.39 is 0 Å². The normalized spacial score (nSPS) is 12.7. The second-order valence-corrected chi connectivity index (χ2v) is 15.3. The quantitative estimate of drug-likeness (QED) is 0.152. The molecule has 12 rings (SSSR count). The Balaban J connectivity index is 1.10. The first-order chi connectivity index (χ1) is 29.0. The fourth-order valence-electron chi connectivity index (χ4n) is 8.46. The van der Waals surface area contributed by atoms with Gasteiger partial charge in [-0.3, -0.25) is 0 Å². The third-order valence-electron chi connectivity index (χ3n) is 11.5. The molecule has 4 bridgehead atoms. The minimum absolute atomic E-state index is 0.663. The van der Waals surface area contributed by atoms with Crippen molar-refractivity contribution in [3.05, 3.63) is 161 Å². The van der Waals surface area contributed by atoms with Crippen LogP contribution in [0, 0.1) is 6.92 Å². The van der Waals surface area contributed by atoms with Crippen molar-refractivity contribution in [3.63, 3.8) is 0 Å². The average molecular weight is 777 g/mol. The lowest BCUT2D eigenvalue weighted by Gasteiger charge is -2.15. The predicted molar refractivity (Wildman–Crippen MR) is 238 cm³/mol. The Bertz CT molecular complexity index is 2690. The van der Waals surface area contributed by atoms with E-state index in [2.05, 4.69) is 132 Å². The van der Waals surface area contributed by atoms with Crippen LogP contribution in [-0.4, -0.2) is 41.3 Å². The fourth-order valence-corrected chi connectivity index (χ4v) is 8.46. The van der Waals surface area contributed by atoms with Crippen LogP contribution in [0.4, 0.5) is 0 Å². The molecule has 7 heteroatoms. The lowest BCUT2D eigenvalue weighted by atomic mass is 9.92. The standard InChI is InChI=1S/C52H48N4O3/c1-33-29-40(25-27-44(33)57-2)49-50(41-26-28-45(58-3)46(32-41)59-4)56-52(55-49)43-31-35-14-11-13-34-21-23-36(19-12-20-37(43)24-22-35)42(30-34)51-53-47(38-15-7-5-8-16-38)48(54-51)39-17-9-6-10-18-39/h5-10,15-18,21-32H,11-14,19-20H2,1-4H3,(H,53,54)(H,55,56). The van der Waals surface area contributed by atoms with E-state index in [0.717, 1.165) is 112 Å². The van der Waals surface area contributed by atoms with Crippen molar-refractivity contribution in [2.75, 3.05) is 21.3 Å². The van der Waals surface area contributed by atoms with Gasteiger partial charge in [0.2, 0.25) is 0 Å². The average Bonchev–Trinajstić information content (AvgIpc) is 3.94. The number of aryl methyl sites for hydroxylation is 5. The van der Waals surface area contributed by atoms with Crippen LogP contribution in [0.5, 0.6) is 17.2 Å². The predicted octanol–water partition coefficient (Wildman–Crippen LogP) is 12.1. The molecular weight excluding hydrogens is 729 g/mol. The highest BCUT2D eigenvalue weighted by Gasteiger charge is 2.22. The topological polar surface area (TPSA) is 85.1 Å². The minimum atomic E-state index is 0.663. The zero-order valence-electron chi connectivity index (χ0n) is 34.1. The van der Waals surface area contributed by atoms with Crippen LogP contribution in [0.2, 0.25) is 0 Å². The maximum absolute atomic E-state index is 5.74. The highest BCUT2D eigenvalue weighted by atomic mass is 16.5. The lowest BCUT2D eigenvalue weighted by molar-refractivity contribution is 0.355. The van der Waals surface area contributed by atoms with Crippen LogP contribution in [0.1, 0.15) is 40.7 Å². The molecule has 4 aliphatic rings. The minimum Gasteiger partial charge on any atom is -0.496 e. The van der Waals surface area contributed by atoms with Gasteiger partial charge >= 0.3 is 0 Å². The van der Waals surface area contributed by atoms with Gasteiger partial charge in [0.05, 0.1) is 44.1 Å². The summed E-state index contributed by atoms with van der Waals surface area (Å²) in [6, 6.07) is 47.3. The van der Waals surface area contributed by atoms with Crippen molar-refractivity contribution < 1.29 is 14.2 Å². The molecule has 0 aliphatic heterocycles. The molecule has 2 heterocycles. The maximum atomic E-state index is 5.74. The number of rotatable bonds is 9. The molecule has 59 heavy (non-hydrogen) atoms. The van der Waals surface area contributed by atoms with Gasteiger partial charge in [-0.15, -0.1) is 0 Å². The first-order valence-corrected chi connectivity index (χ1v) is 20.4. The SMILES string of the molecule is COc1ccc(-c2nc(-c3cc4ccc3CCCc3ccc(cc3-c3nc(-c5ccccc5)c(-c5ccccc5)[nH]3)CCC4)[nH]c2-c2ccc(OC)c(OC)c2)cc1C. The van der Waals surface area contributed by atoms with Crippen molar-refractivity contribution in [2.45, 2.75) is 45.4 Å². The van der Waals surface area contributed by atoms with Gasteiger partial charge in [-0.25, -0.2) is 9.97 Å². The van der Waals surface area contributed by atoms with Gasteiger partial charge in [0, 0.05) is 33.4 Å². The zero-order valence-corrected chi connectivity index (χ0v) is 34.1. The number of benzene rings is 6. The molecule has 0 unspecified atom stereocenters. The van der Waals surface area contributed by atoms with Gasteiger partial charge in [-0.05, 0) is 122 Å². The van der Waals surface area contributed by atoms with Crippen molar-refractivity contribution in [2.24, 2.45) is 0 Å². The summed E-state index contributed by atoms with van der Waals surface area (Å²) in [6.45, 7) is 2.07. The number of aromatic amines is 2. The Labute approximate surface area is 346 Å². The summed E-state index contributed by atoms with van der Waals surface area (Å²) in [5.74, 6) is 3.95. The molecule has 0 saturated heterocycles. The zero-order chi connectivity index (χ0) is 40.3. The Kier molecular flexibility index (Phi) is 10.6. The number of ether oxygens (including phenoxy) is 3. The van der Waals surface area contributed by atoms with E-state index in [0.29, 0.717) is 11.5 Å². The molecule has 294 valence electrons. The summed E-state index contributed by atoms with van der Waals surface area (Å²) >= 11 is 0. The lowest BCUT2D eigenvalue weighted by Crippen LogP contribution is -2.01. The van der Waals surface area contributed by atoms with Gasteiger partial charge in [-0.1, -0.05) is 84.9 Å². The van der Waals surface area contributed by atoms with Crippen molar-refractivity contribution in [3.8, 4) is 85.1 Å². The summed E-state index contributed by atoms with van der Waals surface area (Å²) in [5.41, 5.74) is 16.5. The molecule has 0 amide bonds. The first-order valence-electron chi connectivity index (χ1n) is 20.4. The molecule has 0 spiro atoms. The van der Waals surface area contributed by atoms with E-state index in [-0.39, 0.29) is 0 Å². The Morgan fingerprint density at radius 2 is 0.949 bits per heavy atom. The fraction of sp³-hybridized carbons (Fsp3) is 0.192. The van der Waals surface area contributed by atoms with Crippen LogP contribution in [0.3, 0.4) is 0 Å². The number of methoxy groups -OCH3 is 3. The van der Waals surface area contributed by atoms with Gasteiger partial charge in [0.25, 0.3) is 0 Å². The third kappa shape index (κ3) is 7.64. The van der Waals surface area contributed by atoms with Gasteiger partial charge < -0.3 is 24.2 Å². The molecule has 7 nitrogen and oxygen atoms in total. The van der Waals surface area contributed by atoms with E-state index in [9.17, 15) is 0 Å². The molecule has 6 aromatic carbocycles. The Morgan fingerprint density at radius 1 is 0.441 bits per heavy atom. The van der Waals surface area contributed by atoms with Crippen LogP contribution in [0.25, 0.3) is 67.8 Å². The smallest absolute Gasteiger partial charge is 0.161 e. The summed E-state index contributed by atoms with van der Waals surface area (Å²) in [7, 11) is 5.03. The molecule has 0 fully saturated rings. The first kappa shape index (κ1) is 37.7. The number of nitrogens with one attached hydrogen (secondary N) is 2. The Morgan fingerprint density at radius 3 is 1.53 bits per heavy atom. The van der Waals surface area contributed by atoms with Crippen LogP contribution >= 0.6 is 0 Å². The van der Waals surface area contributed by atoms with Crippen LogP contribution in [0.15, 0.2) is 133 Å². The number of aromatic nitrogens is 4. The number of nitrogens with zero attached hydrogens (tertiary/aromatic N) is 2. The van der Waals surface area contributed by atoms with Gasteiger partial charge in [0.1, 0.15) is 17.4 Å². The largest absolute Gasteiger partial charge is 0.496 e. The molecule has 0 atom stereocenters. The van der Waals surface area contributed by atoms with E-state index in [4.69, 9.17) is 24.2 Å². The number of imidazole rings is 2. The summed E-state index contributed by atoms with van der Waals surface area (Å²) < 4.78 is 16.9. The van der Waals surface area contributed by atoms with E-state index in [1.54, 1.807) is 21.3 Å². The molecule has 8 aromatic rings. The van der Waals surface area contributed by atoms with Crippen molar-refractivity contribution in [1.82, 2.24) is 19.9 Å². The number of hydrogen-bond donors (Lipinski definition) is 2. The molecular formula is C52H48N4O3.